The molecule has 1 aromatic rings. The molecule has 0 amide bonds. The van der Waals surface area contributed by atoms with Crippen LogP contribution in [0.25, 0.3) is 0 Å². The maximum atomic E-state index is 5.22. The van der Waals surface area contributed by atoms with Gasteiger partial charge in [0.2, 0.25) is 0 Å². The number of nitrogens with one attached hydrogen (secondary N) is 1. The lowest BCUT2D eigenvalue weighted by molar-refractivity contribution is 0.111. The molecule has 0 fully saturated rings. The van der Waals surface area contributed by atoms with E-state index in [9.17, 15) is 0 Å². The Balaban J connectivity index is 3.23. The Morgan fingerprint density at radius 2 is 2.07 bits per heavy atom. The summed E-state index contributed by atoms with van der Waals surface area (Å²) in [6.45, 7) is 8.35. The Kier molecular flexibility index (Phi) is 3.62. The van der Waals surface area contributed by atoms with Gasteiger partial charge in [0.25, 0.3) is 0 Å². The molecule has 0 aromatic carbocycles. The Bertz CT molecular complexity index is 392. The first-order valence-electron chi connectivity index (χ1n) is 4.99. The van der Waals surface area contributed by atoms with E-state index in [1.165, 1.54) is 0 Å². The molecule has 1 N–H and O–H groups in total. The van der Waals surface area contributed by atoms with E-state index in [1.54, 1.807) is 7.11 Å². The van der Waals surface area contributed by atoms with Crippen LogP contribution in [0.3, 0.4) is 0 Å². The first kappa shape index (κ1) is 12.3. The van der Waals surface area contributed by atoms with Crippen LogP contribution in [0.4, 0.5) is 0 Å². The molecule has 0 aliphatic carbocycles. The standard InChI is InChI=1S/C11H18N2OS/c1-7(14-5)10-12-8(11(2,3)4)6-9(15)13-10/h6-7H,1-5H3,(H,12,13,15). The zero-order valence-corrected chi connectivity index (χ0v) is 10.7. The van der Waals surface area contributed by atoms with Gasteiger partial charge in [-0.3, -0.25) is 0 Å². The molecule has 1 aromatic heterocycles. The van der Waals surface area contributed by atoms with Gasteiger partial charge in [-0.05, 0) is 13.0 Å². The molecule has 0 saturated heterocycles. The van der Waals surface area contributed by atoms with Crippen LogP contribution in [-0.2, 0) is 10.2 Å². The third-order valence-electron chi connectivity index (χ3n) is 2.31. The molecule has 4 heteroatoms. The normalized spacial score (nSPS) is 13.9. The summed E-state index contributed by atoms with van der Waals surface area (Å²) in [5.41, 5.74) is 1.13. The Hall–Kier alpha value is -0.740. The molecule has 0 aliphatic rings. The quantitative estimate of drug-likeness (QED) is 0.787. The third-order valence-corrected chi connectivity index (χ3v) is 2.52. The molecule has 15 heavy (non-hydrogen) atoms. The number of nitrogens with zero attached hydrogens (tertiary/aromatic N) is 1. The van der Waals surface area contributed by atoms with Crippen molar-refractivity contribution in [3.8, 4) is 0 Å². The van der Waals surface area contributed by atoms with Gasteiger partial charge in [-0.2, -0.15) is 0 Å². The zero-order valence-electron chi connectivity index (χ0n) is 9.92. The van der Waals surface area contributed by atoms with E-state index in [0.29, 0.717) is 4.64 Å². The SMILES string of the molecule is COC(C)c1nc(=S)cc(C(C)(C)C)[nH]1. The number of aromatic amines is 1. The fourth-order valence-electron chi connectivity index (χ4n) is 1.18. The lowest BCUT2D eigenvalue weighted by Crippen LogP contribution is -2.16. The number of hydrogen-bond donors (Lipinski definition) is 1. The largest absolute Gasteiger partial charge is 0.374 e. The molecule has 0 radical (unpaired) electrons. The Morgan fingerprint density at radius 3 is 2.53 bits per heavy atom. The number of rotatable bonds is 2. The molecule has 1 rings (SSSR count). The average Bonchev–Trinajstić information content (AvgIpc) is 2.14. The maximum absolute atomic E-state index is 5.22. The predicted molar refractivity (Wildman–Crippen MR) is 63.5 cm³/mol. The van der Waals surface area contributed by atoms with Crippen LogP contribution in [0.15, 0.2) is 6.07 Å². The van der Waals surface area contributed by atoms with Gasteiger partial charge in [-0.25, -0.2) is 4.98 Å². The lowest BCUT2D eigenvalue weighted by Gasteiger charge is -2.20. The highest BCUT2D eigenvalue weighted by molar-refractivity contribution is 7.71. The summed E-state index contributed by atoms with van der Waals surface area (Å²) in [6, 6.07) is 1.90. The highest BCUT2D eigenvalue weighted by Gasteiger charge is 2.17. The van der Waals surface area contributed by atoms with Crippen LogP contribution in [-0.4, -0.2) is 17.1 Å². The molecule has 0 saturated carbocycles. The van der Waals surface area contributed by atoms with E-state index in [0.717, 1.165) is 11.5 Å². The van der Waals surface area contributed by atoms with Gasteiger partial charge >= 0.3 is 0 Å². The van der Waals surface area contributed by atoms with E-state index in [4.69, 9.17) is 17.0 Å². The maximum Gasteiger partial charge on any atom is 0.136 e. The molecule has 1 atom stereocenters. The summed E-state index contributed by atoms with van der Waals surface area (Å²) in [4.78, 5) is 7.53. The van der Waals surface area contributed by atoms with E-state index in [2.05, 4.69) is 30.7 Å². The fourth-order valence-corrected chi connectivity index (χ4v) is 1.40. The summed E-state index contributed by atoms with van der Waals surface area (Å²) in [5, 5.41) is 0. The number of aromatic nitrogens is 2. The summed E-state index contributed by atoms with van der Waals surface area (Å²) in [5.74, 6) is 0.787. The van der Waals surface area contributed by atoms with Crippen molar-refractivity contribution in [2.75, 3.05) is 7.11 Å². The summed E-state index contributed by atoms with van der Waals surface area (Å²) >= 11 is 5.14. The van der Waals surface area contributed by atoms with Gasteiger partial charge in [0.05, 0.1) is 0 Å². The van der Waals surface area contributed by atoms with Gasteiger partial charge in [0, 0.05) is 18.2 Å². The molecule has 0 bridgehead atoms. The third kappa shape index (κ3) is 3.11. The zero-order chi connectivity index (χ0) is 11.6. The van der Waals surface area contributed by atoms with Gasteiger partial charge in [-0.1, -0.05) is 33.0 Å². The number of methoxy groups -OCH3 is 1. The average molecular weight is 226 g/mol. The number of ether oxygens (including phenoxy) is 1. The van der Waals surface area contributed by atoms with Crippen molar-refractivity contribution in [2.45, 2.75) is 39.2 Å². The minimum atomic E-state index is -0.0611. The molecular weight excluding hydrogens is 208 g/mol. The van der Waals surface area contributed by atoms with Crippen molar-refractivity contribution in [1.82, 2.24) is 9.97 Å². The summed E-state index contributed by atoms with van der Waals surface area (Å²) in [6.07, 6.45) is -0.0611. The first-order valence-corrected chi connectivity index (χ1v) is 5.40. The van der Waals surface area contributed by atoms with Gasteiger partial charge in [0.1, 0.15) is 16.6 Å². The van der Waals surface area contributed by atoms with E-state index < -0.39 is 0 Å². The van der Waals surface area contributed by atoms with Crippen molar-refractivity contribution in [2.24, 2.45) is 0 Å². The second-order valence-corrected chi connectivity index (χ2v) is 5.06. The number of hydrogen-bond acceptors (Lipinski definition) is 3. The van der Waals surface area contributed by atoms with Crippen LogP contribution >= 0.6 is 12.2 Å². The predicted octanol–water partition coefficient (Wildman–Crippen LogP) is 3.14. The fraction of sp³-hybridized carbons (Fsp3) is 0.636. The van der Waals surface area contributed by atoms with Gasteiger partial charge in [-0.15, -0.1) is 0 Å². The molecule has 3 nitrogen and oxygen atoms in total. The molecule has 1 heterocycles. The molecule has 0 spiro atoms. The number of H-pyrrole nitrogens is 1. The Labute approximate surface area is 95.9 Å². The van der Waals surface area contributed by atoms with E-state index >= 15 is 0 Å². The van der Waals surface area contributed by atoms with Gasteiger partial charge in [0.15, 0.2) is 0 Å². The van der Waals surface area contributed by atoms with Crippen molar-refractivity contribution in [1.29, 1.82) is 0 Å². The smallest absolute Gasteiger partial charge is 0.136 e. The Morgan fingerprint density at radius 1 is 1.47 bits per heavy atom. The lowest BCUT2D eigenvalue weighted by atomic mass is 9.92. The molecular formula is C11H18N2OS. The van der Waals surface area contributed by atoms with E-state index in [1.807, 2.05) is 13.0 Å². The minimum Gasteiger partial charge on any atom is -0.374 e. The monoisotopic (exact) mass is 226 g/mol. The van der Waals surface area contributed by atoms with E-state index in [-0.39, 0.29) is 11.5 Å². The molecule has 0 aliphatic heterocycles. The molecule has 1 unspecified atom stereocenters. The first-order chi connectivity index (χ1) is 6.84. The van der Waals surface area contributed by atoms with Crippen molar-refractivity contribution < 1.29 is 4.74 Å². The van der Waals surface area contributed by atoms with Crippen LogP contribution in [0, 0.1) is 4.64 Å². The second kappa shape index (κ2) is 4.41. The second-order valence-electron chi connectivity index (χ2n) is 4.65. The summed E-state index contributed by atoms with van der Waals surface area (Å²) < 4.78 is 5.83. The van der Waals surface area contributed by atoms with Crippen molar-refractivity contribution in [3.63, 3.8) is 0 Å². The summed E-state index contributed by atoms with van der Waals surface area (Å²) in [7, 11) is 1.66. The van der Waals surface area contributed by atoms with Crippen molar-refractivity contribution in [3.05, 3.63) is 22.2 Å². The van der Waals surface area contributed by atoms with Crippen LogP contribution in [0.1, 0.15) is 45.3 Å². The highest BCUT2D eigenvalue weighted by atomic mass is 32.1. The van der Waals surface area contributed by atoms with Crippen LogP contribution in [0.5, 0.6) is 0 Å². The topological polar surface area (TPSA) is 37.9 Å². The van der Waals surface area contributed by atoms with Crippen molar-refractivity contribution >= 4 is 12.2 Å². The highest BCUT2D eigenvalue weighted by Crippen LogP contribution is 2.21. The van der Waals surface area contributed by atoms with Crippen LogP contribution in [0.2, 0.25) is 0 Å². The van der Waals surface area contributed by atoms with Crippen LogP contribution < -0.4 is 0 Å². The van der Waals surface area contributed by atoms with Gasteiger partial charge < -0.3 is 9.72 Å². The molecule has 84 valence electrons. The minimum absolute atomic E-state index is 0.0404.